The molecule has 0 heterocycles. The third kappa shape index (κ3) is 3.94. The van der Waals surface area contributed by atoms with E-state index in [0.717, 1.165) is 17.6 Å². The lowest BCUT2D eigenvalue weighted by Gasteiger charge is -2.31. The molecule has 3 heteroatoms. The lowest BCUT2D eigenvalue weighted by Crippen LogP contribution is -2.33. The van der Waals surface area contributed by atoms with Gasteiger partial charge in [0.25, 0.3) is 0 Å². The molecule has 0 aromatic heterocycles. The zero-order valence-electron chi connectivity index (χ0n) is 12.7. The van der Waals surface area contributed by atoms with Gasteiger partial charge in [0.2, 0.25) is 0 Å². The number of nitrogens with two attached hydrogens (primary N) is 1. The number of hydrogen-bond donors (Lipinski definition) is 1. The third-order valence-electron chi connectivity index (χ3n) is 3.97. The Morgan fingerprint density at radius 3 is 2.38 bits per heavy atom. The Bertz CT molecular complexity index is 583. The minimum absolute atomic E-state index is 0.227. The van der Waals surface area contributed by atoms with Crippen LogP contribution in [0.2, 0.25) is 0 Å². The van der Waals surface area contributed by atoms with Gasteiger partial charge in [0.05, 0.1) is 0 Å². The first kappa shape index (κ1) is 16.2. The molecule has 2 rings (SSSR count). The van der Waals surface area contributed by atoms with E-state index in [1.807, 2.05) is 6.07 Å². The smallest absolute Gasteiger partial charge is 0.0485 e. The molecule has 0 saturated heterocycles. The van der Waals surface area contributed by atoms with Gasteiger partial charge in [-0.1, -0.05) is 65.3 Å². The molecule has 21 heavy (non-hydrogen) atoms. The summed E-state index contributed by atoms with van der Waals surface area (Å²) in [7, 11) is 0. The fourth-order valence-corrected chi connectivity index (χ4v) is 3.22. The van der Waals surface area contributed by atoms with Crippen molar-refractivity contribution in [1.82, 2.24) is 4.90 Å². The summed E-state index contributed by atoms with van der Waals surface area (Å²) in [5.74, 6) is 0. The van der Waals surface area contributed by atoms with Crippen molar-refractivity contribution < 1.29 is 0 Å². The standard InChI is InChI=1S/C18H23BrN2/c1-3-21(13-15-9-5-4-8-14(15)2)18(12-20)16-10-6-7-11-17(16)19/h4-11,18H,3,12-13,20H2,1-2H3. The number of nitrogens with zero attached hydrogens (tertiary/aromatic N) is 1. The van der Waals surface area contributed by atoms with Crippen LogP contribution in [0.3, 0.4) is 0 Å². The van der Waals surface area contributed by atoms with Crippen LogP contribution >= 0.6 is 15.9 Å². The van der Waals surface area contributed by atoms with Crippen LogP contribution in [0.4, 0.5) is 0 Å². The molecule has 2 nitrogen and oxygen atoms in total. The average molecular weight is 347 g/mol. The lowest BCUT2D eigenvalue weighted by atomic mass is 10.0. The Kier molecular flexibility index (Phi) is 5.97. The van der Waals surface area contributed by atoms with E-state index in [1.165, 1.54) is 16.7 Å². The molecule has 0 saturated carbocycles. The van der Waals surface area contributed by atoms with E-state index in [-0.39, 0.29) is 6.04 Å². The summed E-state index contributed by atoms with van der Waals surface area (Å²) in [6.45, 7) is 6.86. The van der Waals surface area contributed by atoms with Gasteiger partial charge in [-0.15, -0.1) is 0 Å². The van der Waals surface area contributed by atoms with Gasteiger partial charge < -0.3 is 5.73 Å². The van der Waals surface area contributed by atoms with E-state index >= 15 is 0 Å². The number of rotatable bonds is 6. The van der Waals surface area contributed by atoms with Crippen LogP contribution in [0, 0.1) is 6.92 Å². The Morgan fingerprint density at radius 2 is 1.76 bits per heavy atom. The summed E-state index contributed by atoms with van der Waals surface area (Å²) >= 11 is 3.65. The molecule has 112 valence electrons. The largest absolute Gasteiger partial charge is 0.329 e. The van der Waals surface area contributed by atoms with Crippen molar-refractivity contribution >= 4 is 15.9 Å². The maximum Gasteiger partial charge on any atom is 0.0485 e. The first-order valence-electron chi connectivity index (χ1n) is 7.40. The van der Waals surface area contributed by atoms with Crippen molar-refractivity contribution in [2.75, 3.05) is 13.1 Å². The highest BCUT2D eigenvalue weighted by Crippen LogP contribution is 2.28. The van der Waals surface area contributed by atoms with Crippen LogP contribution in [0.25, 0.3) is 0 Å². The number of halogens is 1. The highest BCUT2D eigenvalue weighted by molar-refractivity contribution is 9.10. The minimum Gasteiger partial charge on any atom is -0.329 e. The number of likely N-dealkylation sites (N-methyl/N-ethyl adjacent to an activating group) is 1. The Hall–Kier alpha value is -1.16. The maximum atomic E-state index is 6.08. The minimum atomic E-state index is 0.227. The average Bonchev–Trinajstić information content (AvgIpc) is 2.50. The van der Waals surface area contributed by atoms with E-state index in [4.69, 9.17) is 5.73 Å². The summed E-state index contributed by atoms with van der Waals surface area (Å²) in [5, 5.41) is 0. The van der Waals surface area contributed by atoms with Gasteiger partial charge in [0.15, 0.2) is 0 Å². The quantitative estimate of drug-likeness (QED) is 0.845. The first-order chi connectivity index (χ1) is 10.2. The van der Waals surface area contributed by atoms with Gasteiger partial charge in [-0.2, -0.15) is 0 Å². The van der Waals surface area contributed by atoms with Crippen molar-refractivity contribution in [2.45, 2.75) is 26.4 Å². The summed E-state index contributed by atoms with van der Waals surface area (Å²) < 4.78 is 1.13. The molecule has 0 aliphatic rings. The van der Waals surface area contributed by atoms with E-state index in [0.29, 0.717) is 6.54 Å². The molecular formula is C18H23BrN2. The zero-order chi connectivity index (χ0) is 15.2. The molecule has 2 aromatic rings. The normalized spacial score (nSPS) is 12.6. The Labute approximate surface area is 136 Å². The molecule has 0 amide bonds. The third-order valence-corrected chi connectivity index (χ3v) is 4.69. The van der Waals surface area contributed by atoms with Crippen LogP contribution in [0.5, 0.6) is 0 Å². The highest BCUT2D eigenvalue weighted by atomic mass is 79.9. The molecule has 1 atom stereocenters. The van der Waals surface area contributed by atoms with Gasteiger partial charge in [-0.05, 0) is 36.2 Å². The van der Waals surface area contributed by atoms with Gasteiger partial charge in [-0.25, -0.2) is 0 Å². The fraction of sp³-hybridized carbons (Fsp3) is 0.333. The van der Waals surface area contributed by atoms with Crippen LogP contribution < -0.4 is 5.73 Å². The van der Waals surface area contributed by atoms with Crippen molar-refractivity contribution in [3.63, 3.8) is 0 Å². The van der Waals surface area contributed by atoms with Gasteiger partial charge in [-0.3, -0.25) is 4.90 Å². The Balaban J connectivity index is 2.26. The fourth-order valence-electron chi connectivity index (χ4n) is 2.67. The van der Waals surface area contributed by atoms with Crippen LogP contribution in [0.1, 0.15) is 29.7 Å². The van der Waals surface area contributed by atoms with Crippen molar-refractivity contribution in [3.8, 4) is 0 Å². The molecule has 1 unspecified atom stereocenters. The van der Waals surface area contributed by atoms with Gasteiger partial charge in [0.1, 0.15) is 0 Å². The van der Waals surface area contributed by atoms with Gasteiger partial charge in [0, 0.05) is 23.6 Å². The van der Waals surface area contributed by atoms with Gasteiger partial charge >= 0.3 is 0 Å². The van der Waals surface area contributed by atoms with E-state index in [9.17, 15) is 0 Å². The van der Waals surface area contributed by atoms with E-state index in [2.05, 4.69) is 77.1 Å². The SMILES string of the molecule is CCN(Cc1ccccc1C)C(CN)c1ccccc1Br. The Morgan fingerprint density at radius 1 is 1.10 bits per heavy atom. The second-order valence-corrected chi connectivity index (χ2v) is 6.12. The second-order valence-electron chi connectivity index (χ2n) is 5.26. The predicted molar refractivity (Wildman–Crippen MR) is 93.2 cm³/mol. The number of aryl methyl sites for hydroxylation is 1. The monoisotopic (exact) mass is 346 g/mol. The second kappa shape index (κ2) is 7.74. The molecule has 0 radical (unpaired) electrons. The molecule has 0 bridgehead atoms. The molecule has 0 aliphatic carbocycles. The predicted octanol–water partition coefficient (Wildman–Crippen LogP) is 4.28. The van der Waals surface area contributed by atoms with Crippen molar-refractivity contribution in [1.29, 1.82) is 0 Å². The molecular weight excluding hydrogens is 324 g/mol. The zero-order valence-corrected chi connectivity index (χ0v) is 14.3. The van der Waals surface area contributed by atoms with Crippen molar-refractivity contribution in [3.05, 3.63) is 69.7 Å². The summed E-state index contributed by atoms with van der Waals surface area (Å²) in [6.07, 6.45) is 0. The molecule has 0 spiro atoms. The molecule has 0 fully saturated rings. The summed E-state index contributed by atoms with van der Waals surface area (Å²) in [4.78, 5) is 2.43. The van der Waals surface area contributed by atoms with Crippen LogP contribution in [-0.2, 0) is 6.54 Å². The van der Waals surface area contributed by atoms with E-state index < -0.39 is 0 Å². The molecule has 2 aromatic carbocycles. The lowest BCUT2D eigenvalue weighted by molar-refractivity contribution is 0.202. The summed E-state index contributed by atoms with van der Waals surface area (Å²) in [5.41, 5.74) is 10.0. The molecule has 0 aliphatic heterocycles. The molecule has 2 N–H and O–H groups in total. The summed E-state index contributed by atoms with van der Waals surface area (Å²) in [6, 6.07) is 17.1. The van der Waals surface area contributed by atoms with Crippen LogP contribution in [-0.4, -0.2) is 18.0 Å². The highest BCUT2D eigenvalue weighted by Gasteiger charge is 2.20. The number of benzene rings is 2. The van der Waals surface area contributed by atoms with Crippen LogP contribution in [0.15, 0.2) is 53.0 Å². The van der Waals surface area contributed by atoms with E-state index in [1.54, 1.807) is 0 Å². The topological polar surface area (TPSA) is 29.3 Å². The number of hydrogen-bond acceptors (Lipinski definition) is 2. The first-order valence-corrected chi connectivity index (χ1v) is 8.19. The maximum absolute atomic E-state index is 6.08. The van der Waals surface area contributed by atoms with Crippen molar-refractivity contribution in [2.24, 2.45) is 5.73 Å².